The molecule has 6 nitrogen and oxygen atoms in total. The van der Waals surface area contributed by atoms with E-state index in [4.69, 9.17) is 0 Å². The predicted octanol–water partition coefficient (Wildman–Crippen LogP) is 1.73. The third-order valence-electron chi connectivity index (χ3n) is 2.88. The summed E-state index contributed by atoms with van der Waals surface area (Å²) in [6.45, 7) is 4.57. The van der Waals surface area contributed by atoms with Crippen molar-refractivity contribution in [3.8, 4) is 0 Å². The molecule has 0 aliphatic carbocycles. The van der Waals surface area contributed by atoms with E-state index in [0.717, 1.165) is 13.0 Å². The van der Waals surface area contributed by atoms with Crippen LogP contribution in [-0.4, -0.2) is 23.2 Å². The van der Waals surface area contributed by atoms with Gasteiger partial charge in [-0.25, -0.2) is 13.1 Å². The Morgan fingerprint density at radius 3 is 2.65 bits per heavy atom. The van der Waals surface area contributed by atoms with Crippen LogP contribution >= 0.6 is 0 Å². The van der Waals surface area contributed by atoms with E-state index < -0.39 is 16.1 Å². The van der Waals surface area contributed by atoms with Gasteiger partial charge < -0.3 is 4.57 Å². The first-order valence-electron chi connectivity index (χ1n) is 6.49. The molecule has 0 spiro atoms. The van der Waals surface area contributed by atoms with Crippen LogP contribution in [0.15, 0.2) is 41.6 Å². The number of aryl methyl sites for hydroxylation is 1. The second kappa shape index (κ2) is 6.15. The van der Waals surface area contributed by atoms with Gasteiger partial charge in [0, 0.05) is 6.54 Å². The summed E-state index contributed by atoms with van der Waals surface area (Å²) in [7, 11) is -3.55. The van der Waals surface area contributed by atoms with Crippen molar-refractivity contribution in [1.29, 1.82) is 0 Å². The van der Waals surface area contributed by atoms with Gasteiger partial charge in [0.25, 0.3) is 0 Å². The molecule has 2 aromatic rings. The highest BCUT2D eigenvalue weighted by molar-refractivity contribution is 7.89. The number of nitrogens with zero attached hydrogens (tertiary/aromatic N) is 3. The molecule has 1 heterocycles. The van der Waals surface area contributed by atoms with Gasteiger partial charge in [-0.05, 0) is 25.5 Å². The van der Waals surface area contributed by atoms with E-state index in [1.807, 2.05) is 11.5 Å². The molecule has 108 valence electrons. The summed E-state index contributed by atoms with van der Waals surface area (Å²) in [6, 6.07) is 7.85. The summed E-state index contributed by atoms with van der Waals surface area (Å²) in [4.78, 5) is 0.244. The molecule has 1 aromatic heterocycles. The topological polar surface area (TPSA) is 76.9 Å². The Labute approximate surface area is 118 Å². The zero-order chi connectivity index (χ0) is 14.6. The van der Waals surface area contributed by atoms with Crippen molar-refractivity contribution in [2.24, 2.45) is 0 Å². The van der Waals surface area contributed by atoms with Crippen LogP contribution in [0.4, 0.5) is 0 Å². The lowest BCUT2D eigenvalue weighted by Crippen LogP contribution is -2.28. The molecule has 0 saturated carbocycles. The van der Waals surface area contributed by atoms with E-state index in [9.17, 15) is 8.42 Å². The zero-order valence-corrected chi connectivity index (χ0v) is 12.3. The average molecular weight is 294 g/mol. The highest BCUT2D eigenvalue weighted by Gasteiger charge is 2.21. The van der Waals surface area contributed by atoms with Crippen LogP contribution in [0.1, 0.15) is 32.1 Å². The van der Waals surface area contributed by atoms with Crippen molar-refractivity contribution in [2.45, 2.75) is 37.8 Å². The van der Waals surface area contributed by atoms with Gasteiger partial charge in [0.05, 0.1) is 10.9 Å². The van der Waals surface area contributed by atoms with Gasteiger partial charge in [-0.15, -0.1) is 10.2 Å². The summed E-state index contributed by atoms with van der Waals surface area (Å²) >= 11 is 0. The van der Waals surface area contributed by atoms with Crippen molar-refractivity contribution in [3.05, 3.63) is 42.5 Å². The van der Waals surface area contributed by atoms with Crippen LogP contribution in [0.2, 0.25) is 0 Å². The molecule has 1 aromatic carbocycles. The monoisotopic (exact) mass is 294 g/mol. The number of nitrogens with one attached hydrogen (secondary N) is 1. The third kappa shape index (κ3) is 3.23. The van der Waals surface area contributed by atoms with Crippen LogP contribution in [0.3, 0.4) is 0 Å². The largest absolute Gasteiger partial charge is 0.316 e. The number of aromatic nitrogens is 3. The van der Waals surface area contributed by atoms with Crippen molar-refractivity contribution in [1.82, 2.24) is 19.5 Å². The molecule has 0 aliphatic heterocycles. The van der Waals surface area contributed by atoms with E-state index >= 15 is 0 Å². The van der Waals surface area contributed by atoms with Crippen molar-refractivity contribution in [3.63, 3.8) is 0 Å². The molecule has 0 amide bonds. The van der Waals surface area contributed by atoms with Gasteiger partial charge in [0.2, 0.25) is 10.0 Å². The Morgan fingerprint density at radius 2 is 2.00 bits per heavy atom. The van der Waals surface area contributed by atoms with Gasteiger partial charge in [-0.2, -0.15) is 0 Å². The molecule has 0 fully saturated rings. The van der Waals surface area contributed by atoms with E-state index in [1.54, 1.807) is 43.6 Å². The Morgan fingerprint density at radius 1 is 1.30 bits per heavy atom. The first-order valence-corrected chi connectivity index (χ1v) is 7.98. The van der Waals surface area contributed by atoms with Crippen LogP contribution in [0, 0.1) is 0 Å². The summed E-state index contributed by atoms with van der Waals surface area (Å²) in [5.41, 5.74) is 0. The first-order chi connectivity index (χ1) is 9.54. The minimum absolute atomic E-state index is 0.244. The molecule has 20 heavy (non-hydrogen) atoms. The standard InChI is InChI=1S/C13H18N4O2S/c1-3-9-17-10-14-15-13(17)11(2)16-20(18,19)12-7-5-4-6-8-12/h4-8,10-11,16H,3,9H2,1-2H3/t11-/m1/s1. The minimum Gasteiger partial charge on any atom is -0.316 e. The fraction of sp³-hybridized carbons (Fsp3) is 0.385. The lowest BCUT2D eigenvalue weighted by molar-refractivity contribution is 0.539. The van der Waals surface area contributed by atoms with Gasteiger partial charge in [0.1, 0.15) is 6.33 Å². The van der Waals surface area contributed by atoms with Crippen molar-refractivity contribution >= 4 is 10.0 Å². The number of benzene rings is 1. The maximum Gasteiger partial charge on any atom is 0.241 e. The van der Waals surface area contributed by atoms with E-state index in [0.29, 0.717) is 5.82 Å². The smallest absolute Gasteiger partial charge is 0.241 e. The molecular formula is C13H18N4O2S. The Hall–Kier alpha value is -1.73. The number of hydrogen-bond donors (Lipinski definition) is 1. The molecule has 0 saturated heterocycles. The summed E-state index contributed by atoms with van der Waals surface area (Å²) < 4.78 is 29.0. The van der Waals surface area contributed by atoms with Crippen molar-refractivity contribution < 1.29 is 8.42 Å². The molecule has 0 aliphatic rings. The third-order valence-corrected chi connectivity index (χ3v) is 4.44. The van der Waals surface area contributed by atoms with Gasteiger partial charge >= 0.3 is 0 Å². The maximum atomic E-state index is 12.2. The summed E-state index contributed by atoms with van der Waals surface area (Å²) in [6.07, 6.45) is 2.55. The molecular weight excluding hydrogens is 276 g/mol. The summed E-state index contributed by atoms with van der Waals surface area (Å²) in [5, 5.41) is 7.84. The predicted molar refractivity (Wildman–Crippen MR) is 75.5 cm³/mol. The number of rotatable bonds is 6. The highest BCUT2D eigenvalue weighted by atomic mass is 32.2. The molecule has 0 bridgehead atoms. The molecule has 7 heteroatoms. The SMILES string of the molecule is CCCn1cnnc1[C@@H](C)NS(=O)(=O)c1ccccc1. The van der Waals surface area contributed by atoms with E-state index in [-0.39, 0.29) is 4.90 Å². The van der Waals surface area contributed by atoms with Gasteiger partial charge in [-0.3, -0.25) is 0 Å². The Balaban J connectivity index is 2.19. The lowest BCUT2D eigenvalue weighted by atomic mass is 10.3. The van der Waals surface area contributed by atoms with Gasteiger partial charge in [0.15, 0.2) is 5.82 Å². The van der Waals surface area contributed by atoms with Crippen molar-refractivity contribution in [2.75, 3.05) is 0 Å². The lowest BCUT2D eigenvalue weighted by Gasteiger charge is -2.14. The normalized spacial score (nSPS) is 13.3. The highest BCUT2D eigenvalue weighted by Crippen LogP contribution is 2.15. The van der Waals surface area contributed by atoms with Crippen LogP contribution < -0.4 is 4.72 Å². The molecule has 2 rings (SSSR count). The Kier molecular flexibility index (Phi) is 4.51. The second-order valence-electron chi connectivity index (χ2n) is 4.54. The van der Waals surface area contributed by atoms with Gasteiger partial charge in [-0.1, -0.05) is 25.1 Å². The second-order valence-corrected chi connectivity index (χ2v) is 6.25. The van der Waals surface area contributed by atoms with Crippen LogP contribution in [0.5, 0.6) is 0 Å². The number of hydrogen-bond acceptors (Lipinski definition) is 4. The molecule has 1 atom stereocenters. The van der Waals surface area contributed by atoms with E-state index in [2.05, 4.69) is 14.9 Å². The average Bonchev–Trinajstić information content (AvgIpc) is 2.88. The molecule has 0 unspecified atom stereocenters. The summed E-state index contributed by atoms with van der Waals surface area (Å²) in [5.74, 6) is 0.617. The Bertz CT molecular complexity index is 652. The fourth-order valence-corrected chi connectivity index (χ4v) is 3.19. The fourth-order valence-electron chi connectivity index (χ4n) is 1.97. The van der Waals surface area contributed by atoms with Crippen LogP contribution in [0.25, 0.3) is 0 Å². The zero-order valence-electron chi connectivity index (χ0n) is 11.5. The van der Waals surface area contributed by atoms with E-state index in [1.165, 1.54) is 0 Å². The first kappa shape index (κ1) is 14.7. The quantitative estimate of drug-likeness (QED) is 0.880. The van der Waals surface area contributed by atoms with Crippen LogP contribution in [-0.2, 0) is 16.6 Å². The number of sulfonamides is 1. The molecule has 0 radical (unpaired) electrons. The minimum atomic E-state index is -3.55. The maximum absolute atomic E-state index is 12.2. The molecule has 1 N–H and O–H groups in total.